The first-order chi connectivity index (χ1) is 28.1. The average Bonchev–Trinajstić information content (AvgIpc) is 4.01. The van der Waals surface area contributed by atoms with Crippen LogP contribution in [0.2, 0.25) is 5.82 Å². The molecule has 0 amide bonds. The summed E-state index contributed by atoms with van der Waals surface area (Å²) in [6, 6.07) is 53.3. The van der Waals surface area contributed by atoms with Crippen LogP contribution >= 0.6 is 23.5 Å². The normalized spacial score (nSPS) is 22.1. The molecular formula is C50H37BN2O2S2. The van der Waals surface area contributed by atoms with Crippen molar-refractivity contribution in [2.24, 2.45) is 0 Å². The van der Waals surface area contributed by atoms with Crippen LogP contribution in [0, 0.1) is 13.8 Å². The summed E-state index contributed by atoms with van der Waals surface area (Å²) in [7, 11) is 0. The molecule has 7 aromatic carbocycles. The van der Waals surface area contributed by atoms with Crippen molar-refractivity contribution >= 4 is 113 Å². The molecule has 0 bridgehead atoms. The van der Waals surface area contributed by atoms with Crippen LogP contribution in [0.25, 0.3) is 43.9 Å². The second kappa shape index (κ2) is 12.0. The van der Waals surface area contributed by atoms with Crippen molar-refractivity contribution in [2.45, 2.75) is 47.2 Å². The number of hydrogen-bond acceptors (Lipinski definition) is 6. The lowest BCUT2D eigenvalue weighted by molar-refractivity contribution is 0.664. The quantitative estimate of drug-likeness (QED) is 0.166. The summed E-state index contributed by atoms with van der Waals surface area (Å²) in [4.78, 5) is 5.19. The zero-order valence-corrected chi connectivity index (χ0v) is 33.2. The van der Waals surface area contributed by atoms with Gasteiger partial charge in [0.15, 0.2) is 11.2 Å². The molecule has 7 heteroatoms. The Morgan fingerprint density at radius 1 is 0.544 bits per heavy atom. The number of anilines is 5. The summed E-state index contributed by atoms with van der Waals surface area (Å²) in [5.74, 6) is 0.359. The van der Waals surface area contributed by atoms with E-state index in [1.54, 1.807) is 5.56 Å². The molecule has 0 spiro atoms. The van der Waals surface area contributed by atoms with Crippen LogP contribution in [-0.2, 0) is 0 Å². The van der Waals surface area contributed by atoms with Gasteiger partial charge in [-0.3, -0.25) is 0 Å². The van der Waals surface area contributed by atoms with Gasteiger partial charge >= 0.3 is 0 Å². The van der Waals surface area contributed by atoms with Crippen molar-refractivity contribution in [3.8, 4) is 0 Å². The van der Waals surface area contributed by atoms with Crippen LogP contribution in [0.5, 0.6) is 0 Å². The van der Waals surface area contributed by atoms with Crippen LogP contribution in [0.3, 0.4) is 0 Å². The number of benzene rings is 7. The summed E-state index contributed by atoms with van der Waals surface area (Å²) < 4.78 is 13.6. The highest BCUT2D eigenvalue weighted by atomic mass is 32.2. The van der Waals surface area contributed by atoms with Gasteiger partial charge in [0.2, 0.25) is 6.71 Å². The number of thioether (sulfide) groups is 2. The second-order valence-corrected chi connectivity index (χ2v) is 19.0. The molecule has 9 aromatic rings. The van der Waals surface area contributed by atoms with Crippen molar-refractivity contribution < 1.29 is 8.83 Å². The van der Waals surface area contributed by atoms with E-state index in [0.29, 0.717) is 21.6 Å². The zero-order chi connectivity index (χ0) is 37.5. The zero-order valence-electron chi connectivity index (χ0n) is 31.6. The standard InChI is InChI=1S/C50H37BN2O2S2/c1-28-13-9-14-29(2)44(28)42-27-43-49(56-42)46-50(57-43)53(39-24-11-18-33-31-16-4-8-26-41(31)55-48(33)39)37-22-12-21-36-45(37)51(46)34-19-5-6-20-35(34)52(36)38-23-10-17-32-30-15-3-7-25-40(30)54-47(32)38/h3-26,42-43,46,49-50H,27H2,1-2H3. The van der Waals surface area contributed by atoms with E-state index in [1.165, 1.54) is 50.9 Å². The first-order valence-corrected chi connectivity index (χ1v) is 22.0. The molecule has 57 heavy (non-hydrogen) atoms. The minimum absolute atomic E-state index is 0.223. The van der Waals surface area contributed by atoms with Crippen molar-refractivity contribution in [1.82, 2.24) is 0 Å². The van der Waals surface area contributed by atoms with Gasteiger partial charge < -0.3 is 18.6 Å². The molecule has 5 atom stereocenters. The van der Waals surface area contributed by atoms with Crippen LogP contribution in [0.15, 0.2) is 154 Å². The highest BCUT2D eigenvalue weighted by molar-refractivity contribution is 8.06. The van der Waals surface area contributed by atoms with E-state index in [9.17, 15) is 0 Å². The molecule has 6 heterocycles. The molecule has 4 nitrogen and oxygen atoms in total. The van der Waals surface area contributed by atoms with Gasteiger partial charge in [0.1, 0.15) is 11.2 Å². The van der Waals surface area contributed by atoms with E-state index in [2.05, 4.69) is 193 Å². The van der Waals surface area contributed by atoms with Crippen LogP contribution in [0.4, 0.5) is 28.4 Å². The Bertz CT molecular complexity index is 3110. The number of nitrogens with zero attached hydrogens (tertiary/aromatic N) is 2. The maximum Gasteiger partial charge on any atom is 0.224 e. The van der Waals surface area contributed by atoms with E-state index in [1.807, 2.05) is 0 Å². The Labute approximate surface area is 339 Å². The fraction of sp³-hybridized carbons (Fsp3) is 0.160. The summed E-state index contributed by atoms with van der Waals surface area (Å²) >= 11 is 4.47. The Morgan fingerprint density at radius 3 is 1.86 bits per heavy atom. The molecule has 4 aliphatic heterocycles. The monoisotopic (exact) mass is 772 g/mol. The minimum atomic E-state index is 0.223. The predicted molar refractivity (Wildman–Crippen MR) is 243 cm³/mol. The largest absolute Gasteiger partial charge is 0.454 e. The van der Waals surface area contributed by atoms with Gasteiger partial charge in [-0.05, 0) is 96.2 Å². The Balaban J connectivity index is 1.07. The molecule has 2 aromatic heterocycles. The number of hydrogen-bond donors (Lipinski definition) is 0. The van der Waals surface area contributed by atoms with Gasteiger partial charge in [-0.1, -0.05) is 103 Å². The number of para-hydroxylation sites is 5. The summed E-state index contributed by atoms with van der Waals surface area (Å²) in [5.41, 5.74) is 16.9. The number of furan rings is 2. The van der Waals surface area contributed by atoms with Crippen LogP contribution in [-0.4, -0.2) is 22.6 Å². The molecule has 5 unspecified atom stereocenters. The van der Waals surface area contributed by atoms with E-state index in [0.717, 1.165) is 49.9 Å². The van der Waals surface area contributed by atoms with Crippen molar-refractivity contribution in [1.29, 1.82) is 0 Å². The molecule has 0 aliphatic carbocycles. The van der Waals surface area contributed by atoms with Gasteiger partial charge in [-0.2, -0.15) is 0 Å². The highest BCUT2D eigenvalue weighted by Crippen LogP contribution is 2.65. The second-order valence-electron chi connectivity index (χ2n) is 16.2. The van der Waals surface area contributed by atoms with E-state index >= 15 is 0 Å². The third-order valence-electron chi connectivity index (χ3n) is 13.3. The first kappa shape index (κ1) is 32.6. The average molecular weight is 773 g/mol. The molecule has 0 N–H and O–H groups in total. The van der Waals surface area contributed by atoms with Crippen LogP contribution < -0.4 is 20.7 Å². The molecule has 2 saturated heterocycles. The first-order valence-electron chi connectivity index (χ1n) is 20.1. The lowest BCUT2D eigenvalue weighted by atomic mass is 9.30. The van der Waals surface area contributed by atoms with Crippen molar-refractivity contribution in [3.05, 3.63) is 162 Å². The lowest BCUT2D eigenvalue weighted by Crippen LogP contribution is -2.62. The van der Waals surface area contributed by atoms with Gasteiger partial charge in [-0.15, -0.1) is 23.5 Å². The van der Waals surface area contributed by atoms with Gasteiger partial charge in [-0.25, -0.2) is 0 Å². The Hall–Kier alpha value is -5.50. The maximum atomic E-state index is 6.84. The molecule has 274 valence electrons. The molecule has 13 rings (SSSR count). The van der Waals surface area contributed by atoms with Crippen LogP contribution in [0.1, 0.15) is 28.4 Å². The Kier molecular flexibility index (Phi) is 6.87. The van der Waals surface area contributed by atoms with E-state index in [4.69, 9.17) is 8.83 Å². The van der Waals surface area contributed by atoms with Gasteiger partial charge in [0, 0.05) is 54.4 Å². The lowest BCUT2D eigenvalue weighted by Gasteiger charge is -2.49. The number of aryl methyl sites for hydroxylation is 2. The summed E-state index contributed by atoms with van der Waals surface area (Å²) in [6.07, 6.45) is 1.18. The molecule has 4 aliphatic rings. The maximum absolute atomic E-state index is 6.84. The smallest absolute Gasteiger partial charge is 0.224 e. The molecule has 0 radical (unpaired) electrons. The molecule has 0 saturated carbocycles. The predicted octanol–water partition coefficient (Wildman–Crippen LogP) is 12.7. The van der Waals surface area contributed by atoms with E-state index < -0.39 is 0 Å². The fourth-order valence-corrected chi connectivity index (χ4v) is 15.5. The van der Waals surface area contributed by atoms with Crippen molar-refractivity contribution in [2.75, 3.05) is 9.80 Å². The fourth-order valence-electron chi connectivity index (χ4n) is 11.1. The minimum Gasteiger partial charge on any atom is -0.454 e. The molecule has 2 fully saturated rings. The topological polar surface area (TPSA) is 32.8 Å². The SMILES string of the molecule is Cc1cccc(C)c1C1CC2SC3C(B4c5ccccc5N(c5cccc6c5oc5ccccc56)c5cccc(c54)N3c3cccc4c3oc3ccccc34)C2S1. The Morgan fingerprint density at radius 2 is 1.11 bits per heavy atom. The number of fused-ring (bicyclic) bond motifs is 12. The third-order valence-corrected chi connectivity index (χ3v) is 16.8. The van der Waals surface area contributed by atoms with Crippen molar-refractivity contribution in [3.63, 3.8) is 0 Å². The van der Waals surface area contributed by atoms with E-state index in [-0.39, 0.29) is 12.1 Å². The highest BCUT2D eigenvalue weighted by Gasteiger charge is 2.61. The molecular weight excluding hydrogens is 736 g/mol. The van der Waals surface area contributed by atoms with Gasteiger partial charge in [0.25, 0.3) is 0 Å². The van der Waals surface area contributed by atoms with Gasteiger partial charge in [0.05, 0.1) is 16.7 Å². The third kappa shape index (κ3) is 4.44. The summed E-state index contributed by atoms with van der Waals surface area (Å²) in [5, 5.41) is 6.34. The summed E-state index contributed by atoms with van der Waals surface area (Å²) in [6.45, 7) is 4.84. The number of rotatable bonds is 3.